The summed E-state index contributed by atoms with van der Waals surface area (Å²) in [6.07, 6.45) is 0. The second kappa shape index (κ2) is 5.02. The summed E-state index contributed by atoms with van der Waals surface area (Å²) in [5.41, 5.74) is 12.4. The van der Waals surface area contributed by atoms with E-state index in [1.165, 1.54) is 16.7 Å². The van der Waals surface area contributed by atoms with Gasteiger partial charge in [-0.2, -0.15) is 0 Å². The van der Waals surface area contributed by atoms with Crippen molar-refractivity contribution < 1.29 is 0 Å². The molecule has 0 fully saturated rings. The van der Waals surface area contributed by atoms with E-state index in [1.807, 2.05) is 12.1 Å². The van der Waals surface area contributed by atoms with Crippen LogP contribution in [0.5, 0.6) is 0 Å². The van der Waals surface area contributed by atoms with Gasteiger partial charge >= 0.3 is 0 Å². The lowest BCUT2D eigenvalue weighted by Gasteiger charge is -2.15. The van der Waals surface area contributed by atoms with E-state index < -0.39 is 0 Å². The van der Waals surface area contributed by atoms with Crippen LogP contribution in [0.15, 0.2) is 34.8 Å². The molecular formula is C15H17BrN2. The summed E-state index contributed by atoms with van der Waals surface area (Å²) in [6.45, 7) is 6.24. The van der Waals surface area contributed by atoms with Crippen molar-refractivity contribution in [2.24, 2.45) is 0 Å². The summed E-state index contributed by atoms with van der Waals surface area (Å²) in [4.78, 5) is 0. The molecule has 0 unspecified atom stereocenters. The van der Waals surface area contributed by atoms with Crippen LogP contribution >= 0.6 is 15.9 Å². The summed E-state index contributed by atoms with van der Waals surface area (Å²) in [5.74, 6) is 0. The summed E-state index contributed by atoms with van der Waals surface area (Å²) in [6, 6.07) is 10.2. The average Bonchev–Trinajstić information content (AvgIpc) is 2.28. The lowest BCUT2D eigenvalue weighted by Crippen LogP contribution is -2.00. The van der Waals surface area contributed by atoms with Crippen molar-refractivity contribution >= 4 is 33.0 Å². The third-order valence-corrected chi connectivity index (χ3v) is 3.42. The van der Waals surface area contributed by atoms with Crippen LogP contribution in [-0.4, -0.2) is 0 Å². The molecule has 0 heterocycles. The second-order valence-corrected chi connectivity index (χ2v) is 5.55. The fraction of sp³-hybridized carbons (Fsp3) is 0.200. The molecule has 0 aliphatic rings. The Morgan fingerprint density at radius 2 is 1.61 bits per heavy atom. The number of nitrogens with one attached hydrogen (secondary N) is 1. The first-order valence-corrected chi connectivity index (χ1v) is 6.66. The molecule has 94 valence electrons. The Morgan fingerprint density at radius 1 is 1.00 bits per heavy atom. The highest BCUT2D eigenvalue weighted by Crippen LogP contribution is 2.30. The first-order chi connectivity index (χ1) is 8.47. The molecule has 2 nitrogen and oxygen atoms in total. The molecule has 0 aliphatic heterocycles. The molecular weight excluding hydrogens is 288 g/mol. The molecule has 3 heteroatoms. The van der Waals surface area contributed by atoms with Gasteiger partial charge in [0.25, 0.3) is 0 Å². The van der Waals surface area contributed by atoms with Crippen molar-refractivity contribution in [3.63, 3.8) is 0 Å². The lowest BCUT2D eigenvalue weighted by molar-refractivity contribution is 1.34. The third-order valence-electron chi connectivity index (χ3n) is 2.97. The molecule has 18 heavy (non-hydrogen) atoms. The standard InChI is InChI=1S/C15H17BrN2/c1-9-4-5-13(17)14(6-9)18-15-10(2)7-12(16)8-11(15)3/h4-8,18H,17H2,1-3H3. The van der Waals surface area contributed by atoms with Crippen molar-refractivity contribution in [2.75, 3.05) is 11.1 Å². The van der Waals surface area contributed by atoms with Gasteiger partial charge in [-0.05, 0) is 61.7 Å². The number of anilines is 3. The van der Waals surface area contributed by atoms with Gasteiger partial charge < -0.3 is 11.1 Å². The topological polar surface area (TPSA) is 38.0 Å². The van der Waals surface area contributed by atoms with Gasteiger partial charge in [0.2, 0.25) is 0 Å². The van der Waals surface area contributed by atoms with Crippen molar-refractivity contribution in [3.8, 4) is 0 Å². The van der Waals surface area contributed by atoms with Crippen LogP contribution in [0.3, 0.4) is 0 Å². The van der Waals surface area contributed by atoms with Crippen molar-refractivity contribution in [2.45, 2.75) is 20.8 Å². The first-order valence-electron chi connectivity index (χ1n) is 5.87. The van der Waals surface area contributed by atoms with Crippen molar-refractivity contribution in [1.82, 2.24) is 0 Å². The highest BCUT2D eigenvalue weighted by Gasteiger charge is 2.06. The molecule has 0 aliphatic carbocycles. The minimum Gasteiger partial charge on any atom is -0.397 e. The molecule has 0 amide bonds. The number of aryl methyl sites for hydroxylation is 3. The zero-order chi connectivity index (χ0) is 13.3. The van der Waals surface area contributed by atoms with Crippen LogP contribution in [-0.2, 0) is 0 Å². The number of hydrogen-bond donors (Lipinski definition) is 2. The molecule has 0 bridgehead atoms. The van der Waals surface area contributed by atoms with E-state index in [2.05, 4.69) is 60.2 Å². The Labute approximate surface area is 116 Å². The smallest absolute Gasteiger partial charge is 0.0620 e. The SMILES string of the molecule is Cc1ccc(N)c(Nc2c(C)cc(Br)cc2C)c1. The van der Waals surface area contributed by atoms with Crippen LogP contribution in [0.4, 0.5) is 17.1 Å². The molecule has 0 saturated carbocycles. The molecule has 0 spiro atoms. The van der Waals surface area contributed by atoms with Crippen molar-refractivity contribution in [3.05, 3.63) is 51.5 Å². The zero-order valence-electron chi connectivity index (χ0n) is 10.8. The van der Waals surface area contributed by atoms with Crippen molar-refractivity contribution in [1.29, 1.82) is 0 Å². The minimum atomic E-state index is 0.766. The van der Waals surface area contributed by atoms with Crippen LogP contribution in [0.1, 0.15) is 16.7 Å². The van der Waals surface area contributed by atoms with Gasteiger partial charge in [-0.25, -0.2) is 0 Å². The quantitative estimate of drug-likeness (QED) is 0.789. The predicted octanol–water partition coefficient (Wildman–Crippen LogP) is 4.70. The second-order valence-electron chi connectivity index (χ2n) is 4.63. The maximum absolute atomic E-state index is 6.00. The summed E-state index contributed by atoms with van der Waals surface area (Å²) in [5, 5.41) is 3.43. The number of rotatable bonds is 2. The van der Waals surface area contributed by atoms with Gasteiger partial charge in [-0.3, -0.25) is 0 Å². The Hall–Kier alpha value is -1.48. The molecule has 2 aromatic rings. The first kappa shape index (κ1) is 13.0. The van der Waals surface area contributed by atoms with Gasteiger partial charge in [0.05, 0.1) is 11.4 Å². The van der Waals surface area contributed by atoms with Crippen LogP contribution in [0.2, 0.25) is 0 Å². The molecule has 0 aromatic heterocycles. The third kappa shape index (κ3) is 2.67. The van der Waals surface area contributed by atoms with Gasteiger partial charge in [0.1, 0.15) is 0 Å². The van der Waals surface area contributed by atoms with E-state index in [1.54, 1.807) is 0 Å². The number of nitrogens with two attached hydrogens (primary N) is 1. The van der Waals surface area contributed by atoms with Gasteiger partial charge in [-0.1, -0.05) is 22.0 Å². The van der Waals surface area contributed by atoms with E-state index in [0.717, 1.165) is 21.5 Å². The largest absolute Gasteiger partial charge is 0.397 e. The molecule has 2 rings (SSSR count). The highest BCUT2D eigenvalue weighted by atomic mass is 79.9. The van der Waals surface area contributed by atoms with Crippen LogP contribution in [0.25, 0.3) is 0 Å². The molecule has 0 saturated heterocycles. The minimum absolute atomic E-state index is 0.766. The summed E-state index contributed by atoms with van der Waals surface area (Å²) >= 11 is 3.51. The van der Waals surface area contributed by atoms with E-state index in [-0.39, 0.29) is 0 Å². The lowest BCUT2D eigenvalue weighted by atomic mass is 10.1. The average molecular weight is 305 g/mol. The fourth-order valence-electron chi connectivity index (χ4n) is 2.02. The monoisotopic (exact) mass is 304 g/mol. The number of nitrogen functional groups attached to an aromatic ring is 1. The molecule has 0 atom stereocenters. The van der Waals surface area contributed by atoms with E-state index in [4.69, 9.17) is 5.73 Å². The van der Waals surface area contributed by atoms with Crippen LogP contribution < -0.4 is 11.1 Å². The zero-order valence-corrected chi connectivity index (χ0v) is 12.4. The Morgan fingerprint density at radius 3 is 2.22 bits per heavy atom. The summed E-state index contributed by atoms with van der Waals surface area (Å²) in [7, 11) is 0. The van der Waals surface area contributed by atoms with Gasteiger partial charge in [0, 0.05) is 10.2 Å². The maximum atomic E-state index is 6.00. The predicted molar refractivity (Wildman–Crippen MR) is 82.5 cm³/mol. The fourth-order valence-corrected chi connectivity index (χ4v) is 2.71. The number of benzene rings is 2. The Bertz CT molecular complexity index is 568. The van der Waals surface area contributed by atoms with Gasteiger partial charge in [-0.15, -0.1) is 0 Å². The normalized spacial score (nSPS) is 10.4. The highest BCUT2D eigenvalue weighted by molar-refractivity contribution is 9.10. The molecule has 0 radical (unpaired) electrons. The Balaban J connectivity index is 2.43. The number of hydrogen-bond acceptors (Lipinski definition) is 2. The molecule has 2 aromatic carbocycles. The van der Waals surface area contributed by atoms with Crippen LogP contribution in [0, 0.1) is 20.8 Å². The summed E-state index contributed by atoms with van der Waals surface area (Å²) < 4.78 is 1.10. The van der Waals surface area contributed by atoms with E-state index >= 15 is 0 Å². The maximum Gasteiger partial charge on any atom is 0.0620 e. The van der Waals surface area contributed by atoms with E-state index in [0.29, 0.717) is 0 Å². The number of halogens is 1. The van der Waals surface area contributed by atoms with Gasteiger partial charge in [0.15, 0.2) is 0 Å². The van der Waals surface area contributed by atoms with E-state index in [9.17, 15) is 0 Å². The molecule has 3 N–H and O–H groups in total. The Kier molecular flexibility index (Phi) is 3.62.